The van der Waals surface area contributed by atoms with E-state index in [1.165, 1.54) is 4.88 Å². The van der Waals surface area contributed by atoms with E-state index in [4.69, 9.17) is 5.73 Å². The van der Waals surface area contributed by atoms with Gasteiger partial charge >= 0.3 is 0 Å². The fourth-order valence-electron chi connectivity index (χ4n) is 1.59. The molecule has 0 spiro atoms. The molecule has 2 aromatic heterocycles. The van der Waals surface area contributed by atoms with Crippen molar-refractivity contribution in [3.8, 4) is 0 Å². The van der Waals surface area contributed by atoms with Crippen LogP contribution in [0.3, 0.4) is 0 Å². The van der Waals surface area contributed by atoms with Gasteiger partial charge in [0, 0.05) is 10.6 Å². The lowest BCUT2D eigenvalue weighted by atomic mass is 10.3. The maximum absolute atomic E-state index is 5.74. The summed E-state index contributed by atoms with van der Waals surface area (Å²) in [7, 11) is 0. The number of rotatable bonds is 3. The van der Waals surface area contributed by atoms with Crippen LogP contribution in [0, 0.1) is 0 Å². The number of nitrogens with two attached hydrogens (primary N) is 1. The Morgan fingerprint density at radius 2 is 2.24 bits per heavy atom. The molecule has 0 saturated heterocycles. The average Bonchev–Trinajstić information content (AvgIpc) is 2.94. The predicted molar refractivity (Wildman–Crippen MR) is 75.7 cm³/mol. The smallest absolute Gasteiger partial charge is 0.184 e. The van der Waals surface area contributed by atoms with Crippen LogP contribution < -0.4 is 11.1 Å². The standard InChI is InChI=1S/C12H11N3S2/c13-8-3-4-10-11(6-8)17-12(15-10)14-7-9-2-1-5-16-9/h1-6H,7,13H2,(H,14,15). The molecule has 0 saturated carbocycles. The number of nitrogens with one attached hydrogen (secondary N) is 1. The van der Waals surface area contributed by atoms with E-state index < -0.39 is 0 Å². The SMILES string of the molecule is Nc1ccc2nc(NCc3cccs3)sc2c1. The molecule has 1 aromatic carbocycles. The minimum atomic E-state index is 0.783. The lowest BCUT2D eigenvalue weighted by Crippen LogP contribution is -1.95. The molecule has 3 N–H and O–H groups in total. The van der Waals surface area contributed by atoms with E-state index >= 15 is 0 Å². The Hall–Kier alpha value is -1.59. The first kappa shape index (κ1) is 10.6. The Bertz CT molecular complexity index is 628. The Balaban J connectivity index is 1.81. The molecule has 0 radical (unpaired) electrons. The lowest BCUT2D eigenvalue weighted by molar-refractivity contribution is 1.18. The van der Waals surface area contributed by atoms with Gasteiger partial charge in [0.25, 0.3) is 0 Å². The van der Waals surface area contributed by atoms with Crippen LogP contribution >= 0.6 is 22.7 Å². The number of thiophene rings is 1. The number of nitrogens with zero attached hydrogens (tertiary/aromatic N) is 1. The number of nitrogen functional groups attached to an aromatic ring is 1. The first-order valence-corrected chi connectivity index (χ1v) is 6.93. The number of fused-ring (bicyclic) bond motifs is 1. The normalized spacial score (nSPS) is 10.8. The van der Waals surface area contributed by atoms with Crippen LogP contribution in [0.1, 0.15) is 4.88 Å². The maximum Gasteiger partial charge on any atom is 0.184 e. The van der Waals surface area contributed by atoms with Crippen molar-refractivity contribution in [1.82, 2.24) is 4.98 Å². The van der Waals surface area contributed by atoms with Gasteiger partial charge in [-0.2, -0.15) is 0 Å². The highest BCUT2D eigenvalue weighted by atomic mass is 32.1. The zero-order chi connectivity index (χ0) is 11.7. The van der Waals surface area contributed by atoms with Gasteiger partial charge in [0.05, 0.1) is 16.8 Å². The summed E-state index contributed by atoms with van der Waals surface area (Å²) in [5.41, 5.74) is 7.53. The van der Waals surface area contributed by atoms with E-state index in [1.54, 1.807) is 22.7 Å². The van der Waals surface area contributed by atoms with Gasteiger partial charge in [-0.1, -0.05) is 17.4 Å². The molecule has 0 fully saturated rings. The molecule has 0 aliphatic carbocycles. The molecular formula is C12H11N3S2. The van der Waals surface area contributed by atoms with E-state index in [0.29, 0.717) is 0 Å². The zero-order valence-corrected chi connectivity index (χ0v) is 10.6. The highest BCUT2D eigenvalue weighted by molar-refractivity contribution is 7.22. The largest absolute Gasteiger partial charge is 0.399 e. The van der Waals surface area contributed by atoms with Crippen molar-refractivity contribution in [3.05, 3.63) is 40.6 Å². The summed E-state index contributed by atoms with van der Waals surface area (Å²) in [5, 5.41) is 6.36. The molecule has 0 unspecified atom stereocenters. The van der Waals surface area contributed by atoms with Crippen LogP contribution in [0.15, 0.2) is 35.7 Å². The van der Waals surface area contributed by atoms with Gasteiger partial charge in [-0.15, -0.1) is 11.3 Å². The molecule has 86 valence electrons. The van der Waals surface area contributed by atoms with Crippen molar-refractivity contribution in [2.75, 3.05) is 11.1 Å². The van der Waals surface area contributed by atoms with Crippen LogP contribution in [0.4, 0.5) is 10.8 Å². The first-order valence-electron chi connectivity index (χ1n) is 5.23. The molecule has 0 aliphatic rings. The minimum absolute atomic E-state index is 0.783. The fraction of sp³-hybridized carbons (Fsp3) is 0.0833. The van der Waals surface area contributed by atoms with E-state index in [0.717, 1.165) is 27.6 Å². The maximum atomic E-state index is 5.74. The molecule has 0 bridgehead atoms. The van der Waals surface area contributed by atoms with Crippen LogP contribution in [-0.4, -0.2) is 4.98 Å². The fourth-order valence-corrected chi connectivity index (χ4v) is 3.15. The number of thiazole rings is 1. The molecular weight excluding hydrogens is 250 g/mol. The number of hydrogen-bond acceptors (Lipinski definition) is 5. The van der Waals surface area contributed by atoms with Crippen molar-refractivity contribution in [2.24, 2.45) is 0 Å². The van der Waals surface area contributed by atoms with Crippen molar-refractivity contribution in [1.29, 1.82) is 0 Å². The molecule has 2 heterocycles. The average molecular weight is 261 g/mol. The monoisotopic (exact) mass is 261 g/mol. The molecule has 5 heteroatoms. The van der Waals surface area contributed by atoms with Crippen molar-refractivity contribution >= 4 is 43.7 Å². The van der Waals surface area contributed by atoms with E-state index in [2.05, 4.69) is 27.8 Å². The second-order valence-corrected chi connectivity index (χ2v) is 5.74. The summed E-state index contributed by atoms with van der Waals surface area (Å²) < 4.78 is 1.12. The van der Waals surface area contributed by atoms with Crippen LogP contribution in [0.2, 0.25) is 0 Å². The number of aromatic nitrogens is 1. The highest BCUT2D eigenvalue weighted by Gasteiger charge is 2.03. The lowest BCUT2D eigenvalue weighted by Gasteiger charge is -1.97. The second kappa shape index (κ2) is 4.35. The van der Waals surface area contributed by atoms with Crippen molar-refractivity contribution in [2.45, 2.75) is 6.54 Å². The molecule has 3 aromatic rings. The topological polar surface area (TPSA) is 50.9 Å². The van der Waals surface area contributed by atoms with Gasteiger partial charge in [-0.3, -0.25) is 0 Å². The quantitative estimate of drug-likeness (QED) is 0.709. The summed E-state index contributed by atoms with van der Waals surface area (Å²) in [4.78, 5) is 5.82. The molecule has 3 nitrogen and oxygen atoms in total. The van der Waals surface area contributed by atoms with Gasteiger partial charge in [0.1, 0.15) is 0 Å². The Kier molecular flexibility index (Phi) is 2.70. The summed E-state index contributed by atoms with van der Waals surface area (Å²) >= 11 is 3.38. The summed E-state index contributed by atoms with van der Waals surface area (Å²) in [6.45, 7) is 0.826. The van der Waals surface area contributed by atoms with E-state index in [1.807, 2.05) is 18.2 Å². The van der Waals surface area contributed by atoms with Crippen LogP contribution in [-0.2, 0) is 6.54 Å². The molecule has 17 heavy (non-hydrogen) atoms. The number of anilines is 2. The molecule has 3 rings (SSSR count). The first-order chi connectivity index (χ1) is 8.31. The molecule has 0 amide bonds. The number of hydrogen-bond donors (Lipinski definition) is 2. The Morgan fingerprint density at radius 3 is 3.06 bits per heavy atom. The minimum Gasteiger partial charge on any atom is -0.399 e. The van der Waals surface area contributed by atoms with E-state index in [9.17, 15) is 0 Å². The highest BCUT2D eigenvalue weighted by Crippen LogP contribution is 2.27. The summed E-state index contributed by atoms with van der Waals surface area (Å²) in [6, 6.07) is 9.97. The Morgan fingerprint density at radius 1 is 1.29 bits per heavy atom. The van der Waals surface area contributed by atoms with Gasteiger partial charge in [-0.05, 0) is 29.6 Å². The summed E-state index contributed by atoms with van der Waals surface area (Å²) in [6.07, 6.45) is 0. The van der Waals surface area contributed by atoms with Gasteiger partial charge < -0.3 is 11.1 Å². The predicted octanol–water partition coefficient (Wildman–Crippen LogP) is 3.55. The van der Waals surface area contributed by atoms with Gasteiger partial charge in [0.2, 0.25) is 0 Å². The van der Waals surface area contributed by atoms with Crippen molar-refractivity contribution in [3.63, 3.8) is 0 Å². The van der Waals surface area contributed by atoms with Crippen molar-refractivity contribution < 1.29 is 0 Å². The second-order valence-electron chi connectivity index (χ2n) is 3.68. The third-order valence-electron chi connectivity index (χ3n) is 2.41. The summed E-state index contributed by atoms with van der Waals surface area (Å²) in [5.74, 6) is 0. The molecule has 0 atom stereocenters. The zero-order valence-electron chi connectivity index (χ0n) is 9.01. The van der Waals surface area contributed by atoms with E-state index in [-0.39, 0.29) is 0 Å². The number of benzene rings is 1. The third kappa shape index (κ3) is 2.25. The molecule has 0 aliphatic heterocycles. The van der Waals surface area contributed by atoms with Gasteiger partial charge in [0.15, 0.2) is 5.13 Å². The third-order valence-corrected chi connectivity index (χ3v) is 4.26. The van der Waals surface area contributed by atoms with Crippen LogP contribution in [0.25, 0.3) is 10.2 Å². The van der Waals surface area contributed by atoms with Gasteiger partial charge in [-0.25, -0.2) is 4.98 Å². The van der Waals surface area contributed by atoms with Crippen LogP contribution in [0.5, 0.6) is 0 Å². The Labute approximate surface area is 107 Å².